The predicted molar refractivity (Wildman–Crippen MR) is 76.8 cm³/mol. The van der Waals surface area contributed by atoms with E-state index in [4.69, 9.17) is 23.2 Å². The molecule has 1 aromatic carbocycles. The highest BCUT2D eigenvalue weighted by molar-refractivity contribution is 6.30. The number of benzene rings is 1. The predicted octanol–water partition coefficient (Wildman–Crippen LogP) is 4.61. The maximum absolute atomic E-state index is 13.0. The SMILES string of the molecule is CCC(CC)C(Cl)CNCc1ccc(F)c(Cl)c1. The van der Waals surface area contributed by atoms with Crippen molar-refractivity contribution in [2.45, 2.75) is 38.6 Å². The molecule has 0 aromatic heterocycles. The largest absolute Gasteiger partial charge is 0.311 e. The average Bonchev–Trinajstić information content (AvgIpc) is 2.35. The van der Waals surface area contributed by atoms with E-state index in [0.29, 0.717) is 12.5 Å². The van der Waals surface area contributed by atoms with Crippen LogP contribution >= 0.6 is 23.2 Å². The zero-order chi connectivity index (χ0) is 13.5. The summed E-state index contributed by atoms with van der Waals surface area (Å²) in [6.07, 6.45) is 2.18. The van der Waals surface area contributed by atoms with Crippen LogP contribution in [-0.2, 0) is 6.54 Å². The monoisotopic (exact) mass is 291 g/mol. The molecule has 0 bridgehead atoms. The third-order valence-corrected chi connectivity index (χ3v) is 4.01. The first-order valence-electron chi connectivity index (χ1n) is 6.37. The molecule has 0 aliphatic carbocycles. The summed E-state index contributed by atoms with van der Waals surface area (Å²) < 4.78 is 13.0. The average molecular weight is 292 g/mol. The molecule has 18 heavy (non-hydrogen) atoms. The van der Waals surface area contributed by atoms with Crippen molar-refractivity contribution >= 4 is 23.2 Å². The second-order valence-electron chi connectivity index (χ2n) is 4.47. The minimum atomic E-state index is -0.382. The second-order valence-corrected chi connectivity index (χ2v) is 5.44. The molecule has 0 aliphatic heterocycles. The number of halogens is 3. The number of hydrogen-bond donors (Lipinski definition) is 1. The maximum atomic E-state index is 13.0. The minimum Gasteiger partial charge on any atom is -0.311 e. The van der Waals surface area contributed by atoms with Crippen LogP contribution in [0.1, 0.15) is 32.3 Å². The lowest BCUT2D eigenvalue weighted by Crippen LogP contribution is -2.28. The van der Waals surface area contributed by atoms with E-state index in [1.807, 2.05) is 0 Å². The standard InChI is InChI=1S/C14H20Cl2FN/c1-3-11(4-2)13(16)9-18-8-10-5-6-14(17)12(15)7-10/h5-7,11,13,18H,3-4,8-9H2,1-2H3. The summed E-state index contributed by atoms with van der Waals surface area (Å²) in [4.78, 5) is 0. The molecule has 1 N–H and O–H groups in total. The molecule has 0 heterocycles. The first kappa shape index (κ1) is 15.7. The highest BCUT2D eigenvalue weighted by Crippen LogP contribution is 2.18. The molecule has 102 valence electrons. The third kappa shape index (κ3) is 4.75. The van der Waals surface area contributed by atoms with Gasteiger partial charge in [0, 0.05) is 18.5 Å². The van der Waals surface area contributed by atoms with E-state index in [1.54, 1.807) is 12.1 Å². The van der Waals surface area contributed by atoms with Crippen LogP contribution in [0.25, 0.3) is 0 Å². The Morgan fingerprint density at radius 3 is 2.50 bits per heavy atom. The van der Waals surface area contributed by atoms with Gasteiger partial charge in [0.25, 0.3) is 0 Å². The summed E-state index contributed by atoms with van der Waals surface area (Å²) in [5, 5.41) is 3.58. The fraction of sp³-hybridized carbons (Fsp3) is 0.571. The summed E-state index contributed by atoms with van der Waals surface area (Å²) in [7, 11) is 0. The van der Waals surface area contributed by atoms with Crippen molar-refractivity contribution in [3.63, 3.8) is 0 Å². The summed E-state index contributed by atoms with van der Waals surface area (Å²) >= 11 is 12.0. The van der Waals surface area contributed by atoms with Crippen LogP contribution in [0.15, 0.2) is 18.2 Å². The van der Waals surface area contributed by atoms with Crippen LogP contribution in [0.2, 0.25) is 5.02 Å². The van der Waals surface area contributed by atoms with E-state index in [9.17, 15) is 4.39 Å². The molecule has 1 aromatic rings. The van der Waals surface area contributed by atoms with E-state index in [1.165, 1.54) is 6.07 Å². The summed E-state index contributed by atoms with van der Waals surface area (Å²) in [5.74, 6) is 0.156. The number of rotatable bonds is 7. The van der Waals surface area contributed by atoms with Gasteiger partial charge < -0.3 is 5.32 Å². The Labute approximate surface area is 119 Å². The summed E-state index contributed by atoms with van der Waals surface area (Å²) in [6.45, 7) is 5.72. The van der Waals surface area contributed by atoms with E-state index in [2.05, 4.69) is 19.2 Å². The van der Waals surface area contributed by atoms with E-state index < -0.39 is 0 Å². The van der Waals surface area contributed by atoms with E-state index in [-0.39, 0.29) is 16.2 Å². The van der Waals surface area contributed by atoms with Crippen LogP contribution in [0, 0.1) is 11.7 Å². The highest BCUT2D eigenvalue weighted by atomic mass is 35.5. The van der Waals surface area contributed by atoms with Gasteiger partial charge in [0.05, 0.1) is 5.02 Å². The Morgan fingerprint density at radius 1 is 1.28 bits per heavy atom. The van der Waals surface area contributed by atoms with Crippen LogP contribution in [0.4, 0.5) is 4.39 Å². The van der Waals surface area contributed by atoms with Gasteiger partial charge in [-0.1, -0.05) is 44.4 Å². The zero-order valence-corrected chi connectivity index (χ0v) is 12.4. The van der Waals surface area contributed by atoms with Gasteiger partial charge in [-0.3, -0.25) is 0 Å². The van der Waals surface area contributed by atoms with Crippen LogP contribution in [0.5, 0.6) is 0 Å². The quantitative estimate of drug-likeness (QED) is 0.723. The van der Waals surface area contributed by atoms with Crippen molar-refractivity contribution in [3.05, 3.63) is 34.6 Å². The zero-order valence-electron chi connectivity index (χ0n) is 10.8. The molecule has 0 spiro atoms. The molecule has 0 aliphatic rings. The Hall–Kier alpha value is -0.310. The van der Waals surface area contributed by atoms with Crippen molar-refractivity contribution in [1.82, 2.24) is 5.32 Å². The minimum absolute atomic E-state index is 0.135. The smallest absolute Gasteiger partial charge is 0.141 e. The van der Waals surface area contributed by atoms with Gasteiger partial charge in [-0.05, 0) is 23.6 Å². The van der Waals surface area contributed by atoms with Crippen molar-refractivity contribution < 1.29 is 4.39 Å². The first-order chi connectivity index (χ1) is 8.58. The molecule has 1 unspecified atom stereocenters. The Balaban J connectivity index is 2.39. The lowest BCUT2D eigenvalue weighted by atomic mass is 9.99. The molecular weight excluding hydrogens is 272 g/mol. The lowest BCUT2D eigenvalue weighted by molar-refractivity contribution is 0.446. The number of nitrogens with one attached hydrogen (secondary N) is 1. The molecule has 1 nitrogen and oxygen atoms in total. The first-order valence-corrected chi connectivity index (χ1v) is 7.18. The molecule has 0 radical (unpaired) electrons. The van der Waals surface area contributed by atoms with E-state index in [0.717, 1.165) is 24.9 Å². The Morgan fingerprint density at radius 2 is 1.94 bits per heavy atom. The number of hydrogen-bond acceptors (Lipinski definition) is 1. The molecule has 4 heteroatoms. The fourth-order valence-corrected chi connectivity index (χ4v) is 2.64. The molecule has 1 rings (SSSR count). The van der Waals surface area contributed by atoms with Crippen molar-refractivity contribution in [2.75, 3.05) is 6.54 Å². The van der Waals surface area contributed by atoms with Crippen molar-refractivity contribution in [2.24, 2.45) is 5.92 Å². The van der Waals surface area contributed by atoms with Crippen LogP contribution < -0.4 is 5.32 Å². The van der Waals surface area contributed by atoms with Gasteiger partial charge in [-0.2, -0.15) is 0 Å². The van der Waals surface area contributed by atoms with Gasteiger partial charge in [0.1, 0.15) is 5.82 Å². The molecule has 0 saturated heterocycles. The number of alkyl halides is 1. The summed E-state index contributed by atoms with van der Waals surface area (Å²) in [6, 6.07) is 4.76. The van der Waals surface area contributed by atoms with Gasteiger partial charge in [-0.15, -0.1) is 11.6 Å². The van der Waals surface area contributed by atoms with Crippen molar-refractivity contribution in [1.29, 1.82) is 0 Å². The third-order valence-electron chi connectivity index (χ3n) is 3.21. The molecule has 0 saturated carbocycles. The normalized spacial score (nSPS) is 13.0. The lowest BCUT2D eigenvalue weighted by Gasteiger charge is -2.19. The van der Waals surface area contributed by atoms with Crippen LogP contribution in [0.3, 0.4) is 0 Å². The second kappa shape index (κ2) is 7.98. The highest BCUT2D eigenvalue weighted by Gasteiger charge is 2.14. The molecule has 0 fully saturated rings. The Bertz CT molecular complexity index is 367. The summed E-state index contributed by atoms with van der Waals surface area (Å²) in [5.41, 5.74) is 0.967. The Kier molecular flexibility index (Phi) is 6.98. The molecule has 0 amide bonds. The topological polar surface area (TPSA) is 12.0 Å². The van der Waals surface area contributed by atoms with Crippen LogP contribution in [-0.4, -0.2) is 11.9 Å². The maximum Gasteiger partial charge on any atom is 0.141 e. The molecule has 1 atom stereocenters. The molecular formula is C14H20Cl2FN. The van der Waals surface area contributed by atoms with Gasteiger partial charge >= 0.3 is 0 Å². The van der Waals surface area contributed by atoms with Crippen molar-refractivity contribution in [3.8, 4) is 0 Å². The van der Waals surface area contributed by atoms with Gasteiger partial charge in [-0.25, -0.2) is 4.39 Å². The van der Waals surface area contributed by atoms with E-state index >= 15 is 0 Å². The fourth-order valence-electron chi connectivity index (χ4n) is 1.97. The van der Waals surface area contributed by atoms with Gasteiger partial charge in [0.15, 0.2) is 0 Å². The van der Waals surface area contributed by atoms with Gasteiger partial charge in [0.2, 0.25) is 0 Å².